The molecule has 0 aliphatic heterocycles. The fraction of sp³-hybridized carbons (Fsp3) is 0.118. The Morgan fingerprint density at radius 2 is 0.611 bits per heavy atom. The van der Waals surface area contributed by atoms with E-state index in [-0.39, 0.29) is 58.3 Å². The Hall–Kier alpha value is -2.21. The minimum absolute atomic E-state index is 0. The quantitative estimate of drug-likeness (QED) is 0.231. The summed E-state index contributed by atoms with van der Waals surface area (Å²) in [5, 5.41) is 0. The van der Waals surface area contributed by atoms with Crippen LogP contribution < -0.4 is 0 Å². The predicted octanol–water partition coefficient (Wildman–Crippen LogP) is 9.09. The minimum atomic E-state index is 0. The zero-order valence-electron chi connectivity index (χ0n) is 21.5. The molecule has 2 aromatic carbocycles. The Morgan fingerprint density at radius 1 is 0.361 bits per heavy atom. The molecule has 0 bridgehead atoms. The number of rotatable bonds is 0. The Morgan fingerprint density at radius 3 is 0.667 bits per heavy atom. The normalized spacial score (nSPS) is 12.4. The molecule has 0 fully saturated rings. The summed E-state index contributed by atoms with van der Waals surface area (Å²) in [6, 6.07) is 25.0. The van der Waals surface area contributed by atoms with E-state index in [1.807, 2.05) is 109 Å². The summed E-state index contributed by atoms with van der Waals surface area (Å²) >= 11 is 0. The first-order valence-corrected chi connectivity index (χ1v) is 10.7. The van der Waals surface area contributed by atoms with Crippen molar-refractivity contribution in [2.75, 3.05) is 0 Å². The first-order chi connectivity index (χ1) is 16.0. The molecule has 36 heavy (non-hydrogen) atoms. The van der Waals surface area contributed by atoms with Crippen LogP contribution in [0.1, 0.15) is 25.7 Å². The molecule has 180 valence electrons. The van der Waals surface area contributed by atoms with E-state index in [0.29, 0.717) is 0 Å². The fourth-order valence-electron chi connectivity index (χ4n) is 2.04. The van der Waals surface area contributed by atoms with Crippen molar-refractivity contribution in [1.29, 1.82) is 0 Å². The van der Waals surface area contributed by atoms with Crippen LogP contribution in [0.25, 0.3) is 0 Å². The van der Waals surface area contributed by atoms with Gasteiger partial charge >= 0.3 is 43.4 Å². The Balaban J connectivity index is -0.000000167. The molecular formula is C34H36Ti2. The standard InChI is InChI=1S/2C6H5.4C5H5.2CH3.2Ti/c2*1-2-4-6-5-3-1;4*1-2-4-5-3-1;;;;/h2*1-5H;4*1-3H,4H2;2*1H3;;/q8*-1;2*+4. The zero-order chi connectivity index (χ0) is 22.6. The molecule has 6 rings (SSSR count). The van der Waals surface area contributed by atoms with Gasteiger partial charge in [-0.3, -0.25) is 24.3 Å². The van der Waals surface area contributed by atoms with Crippen molar-refractivity contribution in [3.8, 4) is 0 Å². The molecule has 0 amide bonds. The zero-order valence-corrected chi connectivity index (χ0v) is 24.7. The molecule has 4 aliphatic rings. The SMILES string of the molecule is [C-]1=CC=CC1.[C-]1=CC=CC1.[C-]1=CC=CC1.[C-]1=CC=CC1.[CH3-].[CH3-].[Ti+4].[Ti+4].[c-]1ccccc1.[c-]1ccccc1. The summed E-state index contributed by atoms with van der Waals surface area (Å²) in [7, 11) is 0. The van der Waals surface area contributed by atoms with Gasteiger partial charge in [-0.05, 0) is 0 Å². The summed E-state index contributed by atoms with van der Waals surface area (Å²) in [5.41, 5.74) is 0. The second-order valence-corrected chi connectivity index (χ2v) is 6.17. The average molecular weight is 540 g/mol. The largest absolute Gasteiger partial charge is 4.00 e. The number of allylic oxidation sites excluding steroid dienone is 16. The average Bonchev–Trinajstić information content (AvgIpc) is 3.73. The summed E-state index contributed by atoms with van der Waals surface area (Å²) in [6.45, 7) is 0. The van der Waals surface area contributed by atoms with Gasteiger partial charge < -0.3 is 14.9 Å². The second kappa shape index (κ2) is 37.3. The van der Waals surface area contributed by atoms with Gasteiger partial charge in [0.1, 0.15) is 0 Å². The van der Waals surface area contributed by atoms with Crippen LogP contribution in [0.2, 0.25) is 0 Å². The van der Waals surface area contributed by atoms with E-state index < -0.39 is 0 Å². The minimum Gasteiger partial charge on any atom is -0.358 e. The van der Waals surface area contributed by atoms with Gasteiger partial charge in [-0.2, -0.15) is 97.1 Å². The third-order valence-corrected chi connectivity index (χ3v) is 3.56. The van der Waals surface area contributed by atoms with Crippen molar-refractivity contribution in [3.63, 3.8) is 0 Å². The van der Waals surface area contributed by atoms with E-state index in [0.717, 1.165) is 25.7 Å². The van der Waals surface area contributed by atoms with Crippen molar-refractivity contribution < 1.29 is 43.4 Å². The molecule has 4 aliphatic carbocycles. The molecule has 0 spiro atoms. The number of benzene rings is 2. The van der Waals surface area contributed by atoms with Crippen LogP contribution >= 0.6 is 0 Å². The fourth-order valence-corrected chi connectivity index (χ4v) is 2.04. The van der Waals surface area contributed by atoms with E-state index in [1.54, 1.807) is 0 Å². The van der Waals surface area contributed by atoms with Crippen LogP contribution in [-0.2, 0) is 43.4 Å². The number of hydrogen-bond acceptors (Lipinski definition) is 0. The number of hydrogen-bond donors (Lipinski definition) is 0. The van der Waals surface area contributed by atoms with Gasteiger partial charge in [0.25, 0.3) is 0 Å². The van der Waals surface area contributed by atoms with Gasteiger partial charge in [0.15, 0.2) is 0 Å². The van der Waals surface area contributed by atoms with Crippen LogP contribution in [0.15, 0.2) is 134 Å². The van der Waals surface area contributed by atoms with Crippen molar-refractivity contribution in [2.24, 2.45) is 0 Å². The maximum atomic E-state index is 2.99. The molecule has 0 N–H and O–H groups in total. The molecule has 0 radical (unpaired) electrons. The summed E-state index contributed by atoms with van der Waals surface area (Å²) in [5.74, 6) is 0. The maximum absolute atomic E-state index is 2.99. The summed E-state index contributed by atoms with van der Waals surface area (Å²) < 4.78 is 0. The molecule has 0 nitrogen and oxygen atoms in total. The third-order valence-electron chi connectivity index (χ3n) is 3.56. The van der Waals surface area contributed by atoms with Crippen LogP contribution in [0, 0.1) is 51.3 Å². The van der Waals surface area contributed by atoms with E-state index in [1.165, 1.54) is 0 Å². The monoisotopic (exact) mass is 540 g/mol. The Bertz CT molecular complexity index is 655. The maximum Gasteiger partial charge on any atom is 4.00 e. The molecular weight excluding hydrogens is 504 g/mol. The van der Waals surface area contributed by atoms with Crippen molar-refractivity contribution in [3.05, 3.63) is 185 Å². The van der Waals surface area contributed by atoms with Gasteiger partial charge in [0.2, 0.25) is 0 Å². The van der Waals surface area contributed by atoms with Gasteiger partial charge in [-0.15, -0.1) is 25.7 Å². The molecule has 0 saturated carbocycles. The van der Waals surface area contributed by atoms with Gasteiger partial charge in [0, 0.05) is 0 Å². The third kappa shape index (κ3) is 34.0. The topological polar surface area (TPSA) is 0 Å². The summed E-state index contributed by atoms with van der Waals surface area (Å²) in [4.78, 5) is 0. The van der Waals surface area contributed by atoms with Crippen molar-refractivity contribution in [2.45, 2.75) is 25.7 Å². The molecule has 0 unspecified atom stereocenters. The van der Waals surface area contributed by atoms with Crippen LogP contribution in [0.3, 0.4) is 0 Å². The predicted molar refractivity (Wildman–Crippen MR) is 150 cm³/mol. The molecule has 2 aromatic rings. The van der Waals surface area contributed by atoms with Crippen LogP contribution in [0.5, 0.6) is 0 Å². The van der Waals surface area contributed by atoms with Crippen LogP contribution in [0.4, 0.5) is 0 Å². The van der Waals surface area contributed by atoms with Crippen molar-refractivity contribution in [1.82, 2.24) is 0 Å². The van der Waals surface area contributed by atoms with Crippen molar-refractivity contribution >= 4 is 0 Å². The van der Waals surface area contributed by atoms with Gasteiger partial charge in [-0.25, -0.2) is 48.6 Å². The molecule has 0 heterocycles. The molecule has 2 heteroatoms. The van der Waals surface area contributed by atoms with E-state index >= 15 is 0 Å². The first kappa shape index (κ1) is 40.9. The Labute approximate surface area is 252 Å². The van der Waals surface area contributed by atoms with Gasteiger partial charge in [-0.1, -0.05) is 0 Å². The van der Waals surface area contributed by atoms with E-state index in [4.69, 9.17) is 0 Å². The Kier molecular flexibility index (Phi) is 42.5. The second-order valence-electron chi connectivity index (χ2n) is 6.17. The van der Waals surface area contributed by atoms with E-state index in [2.05, 4.69) is 60.7 Å². The van der Waals surface area contributed by atoms with Gasteiger partial charge in [0.05, 0.1) is 0 Å². The van der Waals surface area contributed by atoms with E-state index in [9.17, 15) is 0 Å². The molecule has 0 aromatic heterocycles. The first-order valence-electron chi connectivity index (χ1n) is 10.7. The van der Waals surface area contributed by atoms with Crippen LogP contribution in [-0.4, -0.2) is 0 Å². The summed E-state index contributed by atoms with van der Waals surface area (Å²) in [6.07, 6.45) is 40.0. The smallest absolute Gasteiger partial charge is 0.358 e. The molecule has 0 saturated heterocycles. The molecule has 0 atom stereocenters.